The molecule has 1 saturated heterocycles. The van der Waals surface area contributed by atoms with Gasteiger partial charge in [0.15, 0.2) is 0 Å². The molecule has 1 aromatic heterocycles. The van der Waals surface area contributed by atoms with Crippen LogP contribution >= 0.6 is 0 Å². The Bertz CT molecular complexity index is 1090. The molecule has 0 radical (unpaired) electrons. The molecule has 172 valence electrons. The molecular formula is C26H29FN4O2. The lowest BCUT2D eigenvalue weighted by molar-refractivity contribution is -0.132. The average molecular weight is 449 g/mol. The Kier molecular flexibility index (Phi) is 7.17. The number of hydrogen-bond donors (Lipinski definition) is 1. The van der Waals surface area contributed by atoms with Gasteiger partial charge in [-0.15, -0.1) is 0 Å². The van der Waals surface area contributed by atoms with Gasteiger partial charge in [0.2, 0.25) is 5.91 Å². The van der Waals surface area contributed by atoms with Gasteiger partial charge in [-0.2, -0.15) is 5.10 Å². The fraction of sp³-hybridized carbons (Fsp3) is 0.346. The lowest BCUT2D eigenvalue weighted by Crippen LogP contribution is -2.38. The molecule has 0 spiro atoms. The molecule has 1 aliphatic rings. The highest BCUT2D eigenvalue weighted by Crippen LogP contribution is 2.30. The molecule has 2 amide bonds. The summed E-state index contributed by atoms with van der Waals surface area (Å²) in [6.07, 6.45) is 4.05. The Hall–Kier alpha value is -3.48. The molecule has 3 aromatic rings. The molecule has 1 fully saturated rings. The van der Waals surface area contributed by atoms with Crippen LogP contribution in [-0.2, 0) is 17.8 Å². The van der Waals surface area contributed by atoms with E-state index in [2.05, 4.69) is 10.2 Å². The summed E-state index contributed by atoms with van der Waals surface area (Å²) in [5.41, 5.74) is 3.36. The number of carbonyl (C=O) groups is 2. The number of likely N-dealkylation sites (tertiary alicyclic amines) is 1. The first-order valence-corrected chi connectivity index (χ1v) is 11.4. The van der Waals surface area contributed by atoms with Crippen molar-refractivity contribution in [3.8, 4) is 0 Å². The average Bonchev–Trinajstić information content (AvgIpc) is 3.33. The monoisotopic (exact) mass is 448 g/mol. The van der Waals surface area contributed by atoms with Crippen molar-refractivity contribution in [3.63, 3.8) is 0 Å². The van der Waals surface area contributed by atoms with Gasteiger partial charge in [-0.25, -0.2) is 4.39 Å². The molecule has 0 aliphatic carbocycles. The zero-order chi connectivity index (χ0) is 23.2. The largest absolute Gasteiger partial charge is 0.343 e. The molecule has 2 aromatic carbocycles. The zero-order valence-electron chi connectivity index (χ0n) is 18.8. The number of rotatable bonds is 7. The summed E-state index contributed by atoms with van der Waals surface area (Å²) in [6, 6.07) is 16.3. The van der Waals surface area contributed by atoms with Gasteiger partial charge in [0.1, 0.15) is 5.82 Å². The first kappa shape index (κ1) is 22.7. The number of carbonyl (C=O) groups excluding carboxylic acids is 2. The second-order valence-corrected chi connectivity index (χ2v) is 8.63. The van der Waals surface area contributed by atoms with Crippen molar-refractivity contribution in [2.75, 3.05) is 20.1 Å². The number of H-pyrrole nitrogens is 1. The zero-order valence-corrected chi connectivity index (χ0v) is 18.8. The molecule has 4 rings (SSSR count). The SMILES string of the molecule is CN(Cc1ccccc1)C(=O)c1cn[nH]c1C1CCN(C(=O)CCc2cccc(F)c2)CC1. The van der Waals surface area contributed by atoms with E-state index in [0.29, 0.717) is 38.0 Å². The van der Waals surface area contributed by atoms with Crippen LogP contribution in [0, 0.1) is 5.82 Å². The summed E-state index contributed by atoms with van der Waals surface area (Å²) < 4.78 is 13.3. The second kappa shape index (κ2) is 10.4. The molecule has 0 saturated carbocycles. The van der Waals surface area contributed by atoms with E-state index < -0.39 is 0 Å². The topological polar surface area (TPSA) is 69.3 Å². The van der Waals surface area contributed by atoms with Crippen LogP contribution in [0.25, 0.3) is 0 Å². The Morgan fingerprint density at radius 1 is 1.09 bits per heavy atom. The smallest absolute Gasteiger partial charge is 0.257 e. The molecular weight excluding hydrogens is 419 g/mol. The number of nitrogens with one attached hydrogen (secondary N) is 1. The minimum absolute atomic E-state index is 0.0591. The number of hydrogen-bond acceptors (Lipinski definition) is 3. The maximum atomic E-state index is 13.3. The van der Waals surface area contributed by atoms with E-state index in [9.17, 15) is 14.0 Å². The highest BCUT2D eigenvalue weighted by atomic mass is 19.1. The first-order valence-electron chi connectivity index (χ1n) is 11.4. The number of aromatic nitrogens is 2. The van der Waals surface area contributed by atoms with Crippen LogP contribution in [0.15, 0.2) is 60.8 Å². The minimum atomic E-state index is -0.278. The van der Waals surface area contributed by atoms with Crippen LogP contribution in [-0.4, -0.2) is 51.9 Å². The molecule has 1 N–H and O–H groups in total. The number of aryl methyl sites for hydroxylation is 1. The van der Waals surface area contributed by atoms with Crippen LogP contribution in [0.1, 0.15) is 52.4 Å². The predicted octanol–water partition coefficient (Wildman–Crippen LogP) is 4.16. The standard InChI is InChI=1S/C26H29FN4O2/c1-30(18-20-6-3-2-4-7-20)26(33)23-17-28-29-25(23)21-12-14-31(15-13-21)24(32)11-10-19-8-5-9-22(27)16-19/h2-9,16-17,21H,10-15,18H2,1H3,(H,28,29). The lowest BCUT2D eigenvalue weighted by atomic mass is 9.91. The third kappa shape index (κ3) is 5.66. The number of nitrogens with zero attached hydrogens (tertiary/aromatic N) is 3. The van der Waals surface area contributed by atoms with E-state index in [1.807, 2.05) is 41.3 Å². The molecule has 0 unspecified atom stereocenters. The number of benzene rings is 2. The van der Waals surface area contributed by atoms with Crippen molar-refractivity contribution in [1.29, 1.82) is 0 Å². The van der Waals surface area contributed by atoms with Gasteiger partial charge in [0.05, 0.1) is 17.5 Å². The van der Waals surface area contributed by atoms with Crippen LogP contribution in [0.2, 0.25) is 0 Å². The van der Waals surface area contributed by atoms with Crippen LogP contribution in [0.5, 0.6) is 0 Å². The maximum Gasteiger partial charge on any atom is 0.257 e. The normalized spacial score (nSPS) is 14.3. The summed E-state index contributed by atoms with van der Waals surface area (Å²) in [6.45, 7) is 1.81. The van der Waals surface area contributed by atoms with Crippen molar-refractivity contribution in [3.05, 3.63) is 89.0 Å². The summed E-state index contributed by atoms with van der Waals surface area (Å²) >= 11 is 0. The van der Waals surface area contributed by atoms with Crippen LogP contribution < -0.4 is 0 Å². The highest BCUT2D eigenvalue weighted by molar-refractivity contribution is 5.95. The van der Waals surface area contributed by atoms with Crippen molar-refractivity contribution in [2.24, 2.45) is 0 Å². The van der Waals surface area contributed by atoms with Gasteiger partial charge < -0.3 is 9.80 Å². The fourth-order valence-electron chi connectivity index (χ4n) is 4.43. The van der Waals surface area contributed by atoms with Gasteiger partial charge in [-0.1, -0.05) is 42.5 Å². The maximum absolute atomic E-state index is 13.3. The van der Waals surface area contributed by atoms with E-state index in [1.54, 1.807) is 24.2 Å². The number of amides is 2. The summed E-state index contributed by atoms with van der Waals surface area (Å²) in [7, 11) is 1.80. The predicted molar refractivity (Wildman–Crippen MR) is 124 cm³/mol. The van der Waals surface area contributed by atoms with Gasteiger partial charge >= 0.3 is 0 Å². The summed E-state index contributed by atoms with van der Waals surface area (Å²) in [5, 5.41) is 7.18. The van der Waals surface area contributed by atoms with E-state index in [-0.39, 0.29) is 23.5 Å². The molecule has 7 heteroatoms. The minimum Gasteiger partial charge on any atom is -0.343 e. The van der Waals surface area contributed by atoms with Crippen molar-refractivity contribution in [2.45, 2.75) is 38.1 Å². The van der Waals surface area contributed by atoms with Gasteiger partial charge in [-0.3, -0.25) is 14.7 Å². The quantitative estimate of drug-likeness (QED) is 0.590. The molecule has 0 atom stereocenters. The van der Waals surface area contributed by atoms with E-state index >= 15 is 0 Å². The molecule has 33 heavy (non-hydrogen) atoms. The third-order valence-corrected chi connectivity index (χ3v) is 6.28. The number of piperidine rings is 1. The van der Waals surface area contributed by atoms with E-state index in [0.717, 1.165) is 29.7 Å². The Labute approximate surface area is 193 Å². The molecule has 1 aliphatic heterocycles. The second-order valence-electron chi connectivity index (χ2n) is 8.63. The molecule has 6 nitrogen and oxygen atoms in total. The Balaban J connectivity index is 1.31. The molecule has 0 bridgehead atoms. The van der Waals surface area contributed by atoms with Crippen LogP contribution in [0.4, 0.5) is 4.39 Å². The molecule has 2 heterocycles. The first-order chi connectivity index (χ1) is 16.0. The van der Waals surface area contributed by atoms with Gasteiger partial charge in [0.25, 0.3) is 5.91 Å². The Morgan fingerprint density at radius 3 is 2.55 bits per heavy atom. The summed E-state index contributed by atoms with van der Waals surface area (Å²) in [4.78, 5) is 29.3. The highest BCUT2D eigenvalue weighted by Gasteiger charge is 2.28. The van der Waals surface area contributed by atoms with Gasteiger partial charge in [-0.05, 0) is 42.5 Å². The van der Waals surface area contributed by atoms with Gasteiger partial charge in [0, 0.05) is 39.0 Å². The third-order valence-electron chi connectivity index (χ3n) is 6.28. The Morgan fingerprint density at radius 2 is 1.82 bits per heavy atom. The lowest BCUT2D eigenvalue weighted by Gasteiger charge is -2.32. The summed E-state index contributed by atoms with van der Waals surface area (Å²) in [5.74, 6) is -0.0960. The number of halogens is 1. The van der Waals surface area contributed by atoms with E-state index in [1.165, 1.54) is 12.1 Å². The van der Waals surface area contributed by atoms with Crippen molar-refractivity contribution < 1.29 is 14.0 Å². The fourth-order valence-corrected chi connectivity index (χ4v) is 4.43. The van der Waals surface area contributed by atoms with E-state index in [4.69, 9.17) is 0 Å². The van der Waals surface area contributed by atoms with Crippen molar-refractivity contribution in [1.82, 2.24) is 20.0 Å². The number of aromatic amines is 1. The van der Waals surface area contributed by atoms with Crippen LogP contribution in [0.3, 0.4) is 0 Å². The van der Waals surface area contributed by atoms with Crippen molar-refractivity contribution >= 4 is 11.8 Å².